The minimum absolute atomic E-state index is 0.0761. The molecule has 11 heavy (non-hydrogen) atoms. The topological polar surface area (TPSA) is 29.1 Å². The summed E-state index contributed by atoms with van der Waals surface area (Å²) < 4.78 is 0. The van der Waals surface area contributed by atoms with Crippen LogP contribution in [-0.4, -0.2) is 29.8 Å². The Morgan fingerprint density at radius 2 is 2.36 bits per heavy atom. The Bertz CT molecular complexity index is 119. The smallest absolute Gasteiger partial charge is 0.237 e. The molecule has 0 fully saturated rings. The summed E-state index contributed by atoms with van der Waals surface area (Å²) in [5.41, 5.74) is 0. The van der Waals surface area contributed by atoms with E-state index in [0.717, 1.165) is 18.7 Å². The molecule has 0 radical (unpaired) electrons. The van der Waals surface area contributed by atoms with Gasteiger partial charge in [-0.15, -0.1) is 11.6 Å². The van der Waals surface area contributed by atoms with Gasteiger partial charge in [-0.1, -0.05) is 0 Å². The van der Waals surface area contributed by atoms with E-state index < -0.39 is 5.38 Å². The van der Waals surface area contributed by atoms with E-state index >= 15 is 0 Å². The Morgan fingerprint density at radius 3 is 2.82 bits per heavy atom. The molecule has 0 heterocycles. The van der Waals surface area contributed by atoms with Crippen molar-refractivity contribution in [1.82, 2.24) is 5.32 Å². The maximum atomic E-state index is 10.9. The van der Waals surface area contributed by atoms with E-state index in [0.29, 0.717) is 0 Å². The normalized spacial score (nSPS) is 12.6. The number of alkyl halides is 1. The zero-order chi connectivity index (χ0) is 8.69. The van der Waals surface area contributed by atoms with Gasteiger partial charge >= 0.3 is 0 Å². The molecule has 2 nitrogen and oxygen atoms in total. The van der Waals surface area contributed by atoms with Crippen LogP contribution in [-0.2, 0) is 4.79 Å². The van der Waals surface area contributed by atoms with Crippen molar-refractivity contribution in [1.29, 1.82) is 0 Å². The van der Waals surface area contributed by atoms with Gasteiger partial charge in [0.15, 0.2) is 0 Å². The molecule has 0 aromatic carbocycles. The van der Waals surface area contributed by atoms with Crippen molar-refractivity contribution in [3.05, 3.63) is 0 Å². The lowest BCUT2D eigenvalue weighted by Gasteiger charge is -2.04. The lowest BCUT2D eigenvalue weighted by molar-refractivity contribution is -0.120. The number of thioether (sulfide) groups is 1. The van der Waals surface area contributed by atoms with Crippen LogP contribution in [0.2, 0.25) is 0 Å². The number of halogens is 1. The van der Waals surface area contributed by atoms with Crippen molar-refractivity contribution in [2.24, 2.45) is 0 Å². The number of rotatable bonds is 5. The highest BCUT2D eigenvalue weighted by Gasteiger charge is 2.06. The maximum absolute atomic E-state index is 10.9. The van der Waals surface area contributed by atoms with Gasteiger partial charge in [-0.05, 0) is 25.4 Å². The molecule has 0 saturated heterocycles. The van der Waals surface area contributed by atoms with Gasteiger partial charge in [0, 0.05) is 6.54 Å². The van der Waals surface area contributed by atoms with Gasteiger partial charge in [0.05, 0.1) is 0 Å². The summed E-state index contributed by atoms with van der Waals surface area (Å²) in [4.78, 5) is 10.9. The van der Waals surface area contributed by atoms with E-state index in [1.54, 1.807) is 18.7 Å². The molecule has 1 N–H and O–H groups in total. The van der Waals surface area contributed by atoms with Crippen molar-refractivity contribution >= 4 is 29.3 Å². The Balaban J connectivity index is 3.18. The van der Waals surface area contributed by atoms with Gasteiger partial charge in [0.2, 0.25) is 5.91 Å². The molecule has 66 valence electrons. The Hall–Kier alpha value is 0.110. The first-order chi connectivity index (χ1) is 5.18. The third-order valence-corrected chi connectivity index (χ3v) is 2.08. The molecular weight excluding hydrogens is 182 g/mol. The summed E-state index contributed by atoms with van der Waals surface area (Å²) in [5.74, 6) is 1.00. The van der Waals surface area contributed by atoms with E-state index in [1.807, 2.05) is 6.26 Å². The number of amides is 1. The van der Waals surface area contributed by atoms with E-state index in [9.17, 15) is 4.79 Å². The molecule has 0 bridgehead atoms. The standard InChI is InChI=1S/C7H14ClNOS/c1-6(8)7(10)9-4-3-5-11-2/h6H,3-5H2,1-2H3,(H,9,10). The molecule has 0 spiro atoms. The first kappa shape index (κ1) is 11.1. The highest BCUT2D eigenvalue weighted by atomic mass is 35.5. The highest BCUT2D eigenvalue weighted by Crippen LogP contribution is 1.95. The Kier molecular flexibility index (Phi) is 6.87. The molecule has 0 aliphatic rings. The second-order valence-corrected chi connectivity index (χ2v) is 3.89. The fraction of sp³-hybridized carbons (Fsp3) is 0.857. The van der Waals surface area contributed by atoms with Gasteiger partial charge in [-0.2, -0.15) is 11.8 Å². The number of hydrogen-bond donors (Lipinski definition) is 1. The van der Waals surface area contributed by atoms with Gasteiger partial charge in [-0.25, -0.2) is 0 Å². The monoisotopic (exact) mass is 195 g/mol. The summed E-state index contributed by atoms with van der Waals surface area (Å²) in [6.07, 6.45) is 3.06. The first-order valence-corrected chi connectivity index (χ1v) is 5.42. The fourth-order valence-electron chi connectivity index (χ4n) is 0.569. The SMILES string of the molecule is CSCCCNC(=O)C(C)Cl. The number of nitrogens with one attached hydrogen (secondary N) is 1. The zero-order valence-corrected chi connectivity index (χ0v) is 8.47. The summed E-state index contributed by atoms with van der Waals surface area (Å²) in [7, 11) is 0. The van der Waals surface area contributed by atoms with Gasteiger partial charge in [-0.3, -0.25) is 4.79 Å². The van der Waals surface area contributed by atoms with Crippen molar-refractivity contribution in [3.8, 4) is 0 Å². The fourth-order valence-corrected chi connectivity index (χ4v) is 1.08. The van der Waals surface area contributed by atoms with E-state index in [2.05, 4.69) is 5.32 Å². The largest absolute Gasteiger partial charge is 0.355 e. The van der Waals surface area contributed by atoms with E-state index in [4.69, 9.17) is 11.6 Å². The minimum Gasteiger partial charge on any atom is -0.355 e. The van der Waals surface area contributed by atoms with Crippen LogP contribution in [0.3, 0.4) is 0 Å². The molecule has 0 aromatic rings. The van der Waals surface area contributed by atoms with Gasteiger partial charge in [0.1, 0.15) is 5.38 Å². The molecule has 0 aliphatic heterocycles. The predicted octanol–water partition coefficient (Wildman–Crippen LogP) is 1.48. The molecular formula is C7H14ClNOS. The molecule has 0 aromatic heterocycles. The first-order valence-electron chi connectivity index (χ1n) is 3.59. The minimum atomic E-state index is -0.413. The molecule has 0 rings (SSSR count). The Morgan fingerprint density at radius 1 is 1.73 bits per heavy atom. The molecule has 1 atom stereocenters. The Labute approximate surface area is 77.1 Å². The summed E-state index contributed by atoms with van der Waals surface area (Å²) in [5, 5.41) is 2.32. The quantitative estimate of drug-likeness (QED) is 0.532. The molecule has 4 heteroatoms. The van der Waals surface area contributed by atoms with Crippen LogP contribution in [0.15, 0.2) is 0 Å². The van der Waals surface area contributed by atoms with Crippen LogP contribution in [0.1, 0.15) is 13.3 Å². The van der Waals surface area contributed by atoms with E-state index in [-0.39, 0.29) is 5.91 Å². The number of carbonyl (C=O) groups excluding carboxylic acids is 1. The molecule has 1 unspecified atom stereocenters. The van der Waals surface area contributed by atoms with Crippen LogP contribution in [0.4, 0.5) is 0 Å². The maximum Gasteiger partial charge on any atom is 0.237 e. The average Bonchev–Trinajstić information content (AvgIpc) is 1.97. The van der Waals surface area contributed by atoms with Crippen LogP contribution < -0.4 is 5.32 Å². The second-order valence-electron chi connectivity index (χ2n) is 2.25. The molecule has 0 aliphatic carbocycles. The van der Waals surface area contributed by atoms with Crippen LogP contribution in [0.5, 0.6) is 0 Å². The molecule has 0 saturated carbocycles. The molecule has 1 amide bonds. The lowest BCUT2D eigenvalue weighted by atomic mass is 10.4. The summed E-state index contributed by atoms with van der Waals surface area (Å²) >= 11 is 7.30. The van der Waals surface area contributed by atoms with Gasteiger partial charge < -0.3 is 5.32 Å². The third kappa shape index (κ3) is 6.51. The van der Waals surface area contributed by atoms with Crippen molar-refractivity contribution in [2.45, 2.75) is 18.7 Å². The highest BCUT2D eigenvalue weighted by molar-refractivity contribution is 7.98. The van der Waals surface area contributed by atoms with Crippen molar-refractivity contribution < 1.29 is 4.79 Å². The second kappa shape index (κ2) is 6.80. The number of carbonyl (C=O) groups is 1. The van der Waals surface area contributed by atoms with Gasteiger partial charge in [0.25, 0.3) is 0 Å². The predicted molar refractivity (Wildman–Crippen MR) is 51.3 cm³/mol. The van der Waals surface area contributed by atoms with E-state index in [1.165, 1.54) is 0 Å². The average molecular weight is 196 g/mol. The van der Waals surface area contributed by atoms with Crippen molar-refractivity contribution in [2.75, 3.05) is 18.6 Å². The van der Waals surface area contributed by atoms with Crippen molar-refractivity contribution in [3.63, 3.8) is 0 Å². The third-order valence-electron chi connectivity index (χ3n) is 1.19. The number of hydrogen-bond acceptors (Lipinski definition) is 2. The van der Waals surface area contributed by atoms with Crippen LogP contribution in [0, 0.1) is 0 Å². The van der Waals surface area contributed by atoms with Crippen LogP contribution >= 0.6 is 23.4 Å². The zero-order valence-electron chi connectivity index (χ0n) is 6.89. The lowest BCUT2D eigenvalue weighted by Crippen LogP contribution is -2.30. The summed E-state index contributed by atoms with van der Waals surface area (Å²) in [6, 6.07) is 0. The van der Waals surface area contributed by atoms with Crippen LogP contribution in [0.25, 0.3) is 0 Å². The summed E-state index contributed by atoms with van der Waals surface area (Å²) in [6.45, 7) is 2.40.